The number of rotatable bonds is 2. The maximum Gasteiger partial charge on any atom is 2.00 e. The maximum absolute atomic E-state index is 10.2. The van der Waals surface area contributed by atoms with Crippen LogP contribution in [0, 0.1) is 0 Å². The van der Waals surface area contributed by atoms with Crippen LogP contribution < -0.4 is 27.4 Å². The second-order valence-electron chi connectivity index (χ2n) is 5.02. The van der Waals surface area contributed by atoms with Crippen molar-refractivity contribution in [2.45, 2.75) is 0 Å². The second-order valence-corrected chi connectivity index (χ2v) is 5.02. The van der Waals surface area contributed by atoms with Crippen molar-refractivity contribution < 1.29 is 49.5 Å². The summed E-state index contributed by atoms with van der Waals surface area (Å²) in [6.45, 7) is 0. The number of nitrogen functional groups attached to an aromatic ring is 3. The van der Waals surface area contributed by atoms with Crippen LogP contribution in [0.5, 0.6) is 11.5 Å². The molecule has 0 saturated carbocycles. The van der Waals surface area contributed by atoms with E-state index in [1.54, 1.807) is 12.1 Å². The van der Waals surface area contributed by atoms with Crippen molar-refractivity contribution in [2.75, 3.05) is 17.2 Å². The molecule has 3 aromatic rings. The third-order valence-corrected chi connectivity index (χ3v) is 2.94. The summed E-state index contributed by atoms with van der Waals surface area (Å²) in [5, 5.41) is 38.0. The molecular formula is C17H16N6O6Zn. The van der Waals surface area contributed by atoms with Crippen LogP contribution in [0.25, 0.3) is 0 Å². The normalized spacial score (nSPS) is 8.93. The summed E-state index contributed by atoms with van der Waals surface area (Å²) >= 11 is 0. The number of para-hydroxylation sites is 2. The quantitative estimate of drug-likeness (QED) is 0.261. The van der Waals surface area contributed by atoms with E-state index in [2.05, 4.69) is 15.0 Å². The smallest absolute Gasteiger partial charge is 0.545 e. The van der Waals surface area contributed by atoms with Gasteiger partial charge in [0.1, 0.15) is 11.5 Å². The largest absolute Gasteiger partial charge is 2.00 e. The zero-order valence-electron chi connectivity index (χ0n) is 15.4. The molecule has 8 N–H and O–H groups in total. The predicted molar refractivity (Wildman–Crippen MR) is 97.9 cm³/mol. The molecule has 152 valence electrons. The number of anilines is 3. The Morgan fingerprint density at radius 2 is 0.933 bits per heavy atom. The van der Waals surface area contributed by atoms with Crippen molar-refractivity contribution >= 4 is 29.8 Å². The van der Waals surface area contributed by atoms with Crippen molar-refractivity contribution in [1.29, 1.82) is 0 Å². The summed E-state index contributed by atoms with van der Waals surface area (Å²) in [4.78, 5) is 30.8. The molecule has 2 aromatic carbocycles. The van der Waals surface area contributed by atoms with Gasteiger partial charge in [0.05, 0.1) is 11.9 Å². The number of carboxylic acid groups (broad SMARTS) is 2. The van der Waals surface area contributed by atoms with E-state index in [-0.39, 0.29) is 59.9 Å². The van der Waals surface area contributed by atoms with Crippen LogP contribution in [0.3, 0.4) is 0 Å². The molecule has 1 aromatic heterocycles. The number of phenols is 2. The Kier molecular flexibility index (Phi) is 10.8. The number of hydrogen-bond acceptors (Lipinski definition) is 12. The second kappa shape index (κ2) is 12.5. The molecule has 3 rings (SSSR count). The van der Waals surface area contributed by atoms with Crippen LogP contribution in [-0.4, -0.2) is 37.1 Å². The van der Waals surface area contributed by atoms with Gasteiger partial charge in [-0.1, -0.05) is 24.3 Å². The number of carbonyl (C=O) groups is 2. The standard InChI is InChI=1S/2C7H6O3.C3H6N6.Zn/c2*8-6-4-2-1-3-5(6)7(9)10;4-1-7-2(5)9-3(6)8-1;/h2*1-4,8H,(H,9,10);(H6,4,5,6,7,8,9);/q;;;+2/p-2. The molecule has 13 heteroatoms. The Morgan fingerprint density at radius 1 is 0.667 bits per heavy atom. The monoisotopic (exact) mass is 464 g/mol. The minimum Gasteiger partial charge on any atom is -0.545 e. The van der Waals surface area contributed by atoms with Crippen LogP contribution in [-0.2, 0) is 19.5 Å². The summed E-state index contributed by atoms with van der Waals surface area (Å²) < 4.78 is 0. The minimum atomic E-state index is -1.36. The van der Waals surface area contributed by atoms with Gasteiger partial charge in [-0.05, 0) is 24.3 Å². The molecule has 0 aliphatic carbocycles. The van der Waals surface area contributed by atoms with Gasteiger partial charge in [-0.2, -0.15) is 15.0 Å². The molecular weight excluding hydrogens is 450 g/mol. The van der Waals surface area contributed by atoms with Crippen LogP contribution in [0.2, 0.25) is 0 Å². The molecule has 0 spiro atoms. The maximum atomic E-state index is 10.2. The van der Waals surface area contributed by atoms with Gasteiger partial charge in [-0.15, -0.1) is 0 Å². The van der Waals surface area contributed by atoms with Crippen LogP contribution in [0.1, 0.15) is 20.7 Å². The molecule has 0 radical (unpaired) electrons. The Balaban J connectivity index is 0.000000414. The average Bonchev–Trinajstić information content (AvgIpc) is 2.62. The summed E-state index contributed by atoms with van der Waals surface area (Å²) in [7, 11) is 0. The van der Waals surface area contributed by atoms with Crippen molar-refractivity contribution in [3.05, 3.63) is 59.7 Å². The predicted octanol–water partition coefficient (Wildman–Crippen LogP) is -1.87. The fraction of sp³-hybridized carbons (Fsp3) is 0. The first-order valence-corrected chi connectivity index (χ1v) is 7.63. The van der Waals surface area contributed by atoms with Gasteiger partial charge in [0.25, 0.3) is 0 Å². The summed E-state index contributed by atoms with van der Waals surface area (Å²) in [5.74, 6) is -3.12. The Morgan fingerprint density at radius 3 is 1.13 bits per heavy atom. The molecule has 0 atom stereocenters. The van der Waals surface area contributed by atoms with Crippen molar-refractivity contribution in [3.63, 3.8) is 0 Å². The molecule has 0 amide bonds. The molecule has 0 saturated heterocycles. The van der Waals surface area contributed by atoms with Crippen LogP contribution >= 0.6 is 0 Å². The van der Waals surface area contributed by atoms with E-state index in [0.29, 0.717) is 0 Å². The molecule has 0 fully saturated rings. The van der Waals surface area contributed by atoms with Gasteiger partial charge in [0.2, 0.25) is 17.8 Å². The first-order chi connectivity index (χ1) is 13.6. The average molecular weight is 466 g/mol. The third-order valence-electron chi connectivity index (χ3n) is 2.94. The van der Waals surface area contributed by atoms with Gasteiger partial charge >= 0.3 is 19.5 Å². The molecule has 0 aliphatic heterocycles. The molecule has 30 heavy (non-hydrogen) atoms. The summed E-state index contributed by atoms with van der Waals surface area (Å²) in [6.07, 6.45) is 0. The number of carboxylic acids is 2. The number of aromatic nitrogens is 3. The Bertz CT molecular complexity index is 898. The topological polar surface area (TPSA) is 237 Å². The van der Waals surface area contributed by atoms with Gasteiger partial charge in [-0.25, -0.2) is 0 Å². The Hall–Kier alpha value is -3.99. The first kappa shape index (κ1) is 26.0. The van der Waals surface area contributed by atoms with Gasteiger partial charge in [0.15, 0.2) is 0 Å². The molecule has 0 unspecified atom stereocenters. The number of nitrogens with zero attached hydrogens (tertiary/aromatic N) is 3. The Labute approximate surface area is 182 Å². The zero-order valence-corrected chi connectivity index (χ0v) is 18.4. The van der Waals surface area contributed by atoms with Gasteiger partial charge in [-0.3, -0.25) is 0 Å². The number of carbonyl (C=O) groups excluding carboxylic acids is 2. The minimum absolute atomic E-state index is 0. The van der Waals surface area contributed by atoms with Crippen molar-refractivity contribution in [1.82, 2.24) is 15.0 Å². The SMILES string of the molecule is Nc1nc(N)nc(N)n1.O=C([O-])c1ccccc1O.O=C([O-])c1ccccc1O.[Zn+2]. The van der Waals surface area contributed by atoms with E-state index in [4.69, 9.17) is 27.4 Å². The van der Waals surface area contributed by atoms with Crippen LogP contribution in [0.4, 0.5) is 17.8 Å². The van der Waals surface area contributed by atoms with E-state index in [1.807, 2.05) is 0 Å². The first-order valence-electron chi connectivity index (χ1n) is 7.63. The van der Waals surface area contributed by atoms with E-state index in [1.165, 1.54) is 36.4 Å². The van der Waals surface area contributed by atoms with Crippen molar-refractivity contribution in [2.24, 2.45) is 0 Å². The number of nitrogens with two attached hydrogens (primary N) is 3. The molecule has 12 nitrogen and oxygen atoms in total. The zero-order chi connectivity index (χ0) is 22.0. The molecule has 0 bridgehead atoms. The van der Waals surface area contributed by atoms with Crippen LogP contribution in [0.15, 0.2) is 48.5 Å². The number of aromatic carboxylic acids is 2. The summed E-state index contributed by atoms with van der Waals surface area (Å²) in [5.41, 5.74) is 15.1. The van der Waals surface area contributed by atoms with E-state index in [0.717, 1.165) is 0 Å². The van der Waals surface area contributed by atoms with Gasteiger partial charge in [0, 0.05) is 11.1 Å². The van der Waals surface area contributed by atoms with E-state index >= 15 is 0 Å². The molecule has 1 heterocycles. The van der Waals surface area contributed by atoms with Gasteiger partial charge < -0.3 is 47.2 Å². The number of aromatic hydroxyl groups is 2. The third kappa shape index (κ3) is 8.80. The van der Waals surface area contributed by atoms with Crippen molar-refractivity contribution in [3.8, 4) is 11.5 Å². The number of hydrogen-bond donors (Lipinski definition) is 5. The van der Waals surface area contributed by atoms with E-state index < -0.39 is 11.9 Å². The van der Waals surface area contributed by atoms with E-state index in [9.17, 15) is 19.8 Å². The summed E-state index contributed by atoms with van der Waals surface area (Å²) in [6, 6.07) is 11.3. The number of benzene rings is 2. The fourth-order valence-electron chi connectivity index (χ4n) is 1.72. The fourth-order valence-corrected chi connectivity index (χ4v) is 1.72. The molecule has 0 aliphatic rings.